The van der Waals surface area contributed by atoms with Crippen LogP contribution in [0.4, 0.5) is 5.69 Å². The van der Waals surface area contributed by atoms with Crippen molar-refractivity contribution in [1.29, 1.82) is 0 Å². The molecule has 122 valence electrons. The first kappa shape index (κ1) is 17.3. The van der Waals surface area contributed by atoms with E-state index >= 15 is 0 Å². The van der Waals surface area contributed by atoms with Crippen LogP contribution in [-0.4, -0.2) is 27.2 Å². The van der Waals surface area contributed by atoms with Crippen molar-refractivity contribution in [2.75, 3.05) is 18.2 Å². The van der Waals surface area contributed by atoms with Crippen molar-refractivity contribution in [3.8, 4) is 5.75 Å². The molecule has 0 radical (unpaired) electrons. The van der Waals surface area contributed by atoms with Crippen LogP contribution in [0.25, 0.3) is 0 Å². The summed E-state index contributed by atoms with van der Waals surface area (Å²) in [5.41, 5.74) is 1.48. The summed E-state index contributed by atoms with van der Waals surface area (Å²) in [6.45, 7) is 1.65. The summed E-state index contributed by atoms with van der Waals surface area (Å²) < 4.78 is 28.3. The Balaban J connectivity index is 1.99. The predicted octanol–water partition coefficient (Wildman–Crippen LogP) is 3.07. The van der Waals surface area contributed by atoms with Gasteiger partial charge in [-0.25, -0.2) is 8.42 Å². The van der Waals surface area contributed by atoms with Crippen LogP contribution in [0.2, 0.25) is 5.02 Å². The molecule has 2 aromatic carbocycles. The summed E-state index contributed by atoms with van der Waals surface area (Å²) in [6.07, 6.45) is 1.11. The van der Waals surface area contributed by atoms with E-state index in [9.17, 15) is 13.2 Å². The second-order valence-electron chi connectivity index (χ2n) is 5.07. The molecule has 0 bridgehead atoms. The number of carbonyl (C=O) groups excluding carboxylic acids is 1. The van der Waals surface area contributed by atoms with E-state index in [1.165, 1.54) is 12.1 Å². The van der Waals surface area contributed by atoms with Crippen molar-refractivity contribution in [2.45, 2.75) is 11.8 Å². The van der Waals surface area contributed by atoms with Gasteiger partial charge in [0.1, 0.15) is 5.75 Å². The number of ether oxygens (including phenoxy) is 1. The molecular weight excluding hydrogens is 338 g/mol. The summed E-state index contributed by atoms with van der Waals surface area (Å²) in [7, 11) is -3.32. The third kappa shape index (κ3) is 4.97. The molecule has 0 aliphatic heterocycles. The van der Waals surface area contributed by atoms with Crippen LogP contribution < -0.4 is 10.1 Å². The fourth-order valence-corrected chi connectivity index (χ4v) is 2.79. The van der Waals surface area contributed by atoms with Gasteiger partial charge in [0.25, 0.3) is 5.91 Å². The zero-order valence-corrected chi connectivity index (χ0v) is 14.2. The van der Waals surface area contributed by atoms with Crippen LogP contribution in [-0.2, 0) is 14.6 Å². The molecule has 0 saturated heterocycles. The van der Waals surface area contributed by atoms with Gasteiger partial charge in [-0.2, -0.15) is 0 Å². The molecule has 1 amide bonds. The van der Waals surface area contributed by atoms with Crippen LogP contribution in [0.1, 0.15) is 5.56 Å². The maximum atomic E-state index is 11.9. The van der Waals surface area contributed by atoms with Gasteiger partial charge in [-0.3, -0.25) is 4.79 Å². The van der Waals surface area contributed by atoms with Crippen LogP contribution in [0.3, 0.4) is 0 Å². The van der Waals surface area contributed by atoms with Gasteiger partial charge < -0.3 is 10.1 Å². The molecule has 0 fully saturated rings. The molecule has 0 aromatic heterocycles. The first-order chi connectivity index (χ1) is 10.8. The summed E-state index contributed by atoms with van der Waals surface area (Å²) in [6, 6.07) is 11.3. The number of aryl methyl sites for hydroxylation is 1. The number of halogens is 1. The highest BCUT2D eigenvalue weighted by atomic mass is 35.5. The number of sulfone groups is 1. The van der Waals surface area contributed by atoms with E-state index in [1.54, 1.807) is 24.3 Å². The third-order valence-corrected chi connectivity index (χ3v) is 4.43. The molecule has 0 heterocycles. The molecule has 7 heteroatoms. The Kier molecular flexibility index (Phi) is 5.28. The molecule has 1 N–H and O–H groups in total. The number of hydrogen-bond acceptors (Lipinski definition) is 4. The highest BCUT2D eigenvalue weighted by Crippen LogP contribution is 2.23. The fraction of sp³-hybridized carbons (Fsp3) is 0.188. The van der Waals surface area contributed by atoms with E-state index in [4.69, 9.17) is 16.3 Å². The van der Waals surface area contributed by atoms with E-state index in [0.29, 0.717) is 16.5 Å². The summed E-state index contributed by atoms with van der Waals surface area (Å²) in [4.78, 5) is 12.0. The predicted molar refractivity (Wildman–Crippen MR) is 89.9 cm³/mol. The van der Waals surface area contributed by atoms with E-state index in [2.05, 4.69) is 5.32 Å². The zero-order chi connectivity index (χ0) is 17.0. The van der Waals surface area contributed by atoms with E-state index < -0.39 is 9.84 Å². The number of benzene rings is 2. The minimum Gasteiger partial charge on any atom is -0.484 e. The minimum atomic E-state index is -3.32. The Labute approximate surface area is 140 Å². The van der Waals surface area contributed by atoms with Crippen molar-refractivity contribution in [1.82, 2.24) is 0 Å². The van der Waals surface area contributed by atoms with Gasteiger partial charge in [0.15, 0.2) is 16.4 Å². The van der Waals surface area contributed by atoms with Gasteiger partial charge >= 0.3 is 0 Å². The fourth-order valence-electron chi connectivity index (χ4n) is 1.85. The van der Waals surface area contributed by atoms with Crippen molar-refractivity contribution >= 4 is 33.0 Å². The molecule has 2 rings (SSSR count). The molecule has 2 aromatic rings. The average molecular weight is 354 g/mol. The number of anilines is 1. The smallest absolute Gasteiger partial charge is 0.262 e. The molecule has 0 unspecified atom stereocenters. The maximum Gasteiger partial charge on any atom is 0.262 e. The molecule has 23 heavy (non-hydrogen) atoms. The van der Waals surface area contributed by atoms with Crippen LogP contribution in [0, 0.1) is 6.92 Å². The molecular formula is C16H16ClNO4S. The van der Waals surface area contributed by atoms with Gasteiger partial charge in [0.2, 0.25) is 0 Å². The highest BCUT2D eigenvalue weighted by Gasteiger charge is 2.10. The molecule has 0 aliphatic rings. The topological polar surface area (TPSA) is 72.5 Å². The second-order valence-corrected chi connectivity index (χ2v) is 7.49. The molecule has 5 nitrogen and oxygen atoms in total. The average Bonchev–Trinajstić information content (AvgIpc) is 2.47. The van der Waals surface area contributed by atoms with Gasteiger partial charge in [-0.15, -0.1) is 0 Å². The van der Waals surface area contributed by atoms with E-state index in [0.717, 1.165) is 11.8 Å². The monoisotopic (exact) mass is 353 g/mol. The van der Waals surface area contributed by atoms with Gasteiger partial charge in [0, 0.05) is 6.26 Å². The molecule has 0 saturated carbocycles. The lowest BCUT2D eigenvalue weighted by molar-refractivity contribution is -0.118. The first-order valence-corrected chi connectivity index (χ1v) is 9.01. The zero-order valence-electron chi connectivity index (χ0n) is 12.7. The van der Waals surface area contributed by atoms with Crippen LogP contribution in [0.15, 0.2) is 47.4 Å². The van der Waals surface area contributed by atoms with Crippen LogP contribution in [0.5, 0.6) is 5.75 Å². The lowest BCUT2D eigenvalue weighted by Gasteiger charge is -2.10. The maximum absolute atomic E-state index is 11.9. The molecule has 0 aliphatic carbocycles. The number of rotatable bonds is 5. The SMILES string of the molecule is Cc1ccc(NC(=O)COc2cccc(S(C)(=O)=O)c2)c(Cl)c1. The second kappa shape index (κ2) is 7.02. The largest absolute Gasteiger partial charge is 0.484 e. The van der Waals surface area contributed by atoms with Gasteiger partial charge in [0.05, 0.1) is 15.6 Å². The van der Waals surface area contributed by atoms with Gasteiger partial charge in [-0.1, -0.05) is 23.7 Å². The minimum absolute atomic E-state index is 0.136. The van der Waals surface area contributed by atoms with Gasteiger partial charge in [-0.05, 0) is 42.8 Å². The Morgan fingerprint density at radius 2 is 1.96 bits per heavy atom. The summed E-state index contributed by atoms with van der Waals surface area (Å²) in [5.74, 6) is -0.0846. The van der Waals surface area contributed by atoms with Crippen molar-refractivity contribution < 1.29 is 17.9 Å². The Morgan fingerprint density at radius 1 is 1.22 bits per heavy atom. The van der Waals surface area contributed by atoms with Crippen molar-refractivity contribution in [3.05, 3.63) is 53.1 Å². The number of hydrogen-bond donors (Lipinski definition) is 1. The Bertz CT molecular complexity index is 834. The Morgan fingerprint density at radius 3 is 2.61 bits per heavy atom. The Hall–Kier alpha value is -2.05. The summed E-state index contributed by atoms with van der Waals surface area (Å²) >= 11 is 6.04. The lowest BCUT2D eigenvalue weighted by Crippen LogP contribution is -2.20. The van der Waals surface area contributed by atoms with Crippen molar-refractivity contribution in [2.24, 2.45) is 0 Å². The van der Waals surface area contributed by atoms with Crippen LogP contribution >= 0.6 is 11.6 Å². The van der Waals surface area contributed by atoms with Crippen molar-refractivity contribution in [3.63, 3.8) is 0 Å². The lowest BCUT2D eigenvalue weighted by atomic mass is 10.2. The molecule has 0 atom stereocenters. The number of nitrogens with one attached hydrogen (secondary N) is 1. The standard InChI is InChI=1S/C16H16ClNO4S/c1-11-6-7-15(14(17)8-11)18-16(19)10-22-12-4-3-5-13(9-12)23(2,20)21/h3-9H,10H2,1-2H3,(H,18,19). The summed E-state index contributed by atoms with van der Waals surface area (Å²) in [5, 5.41) is 3.08. The quantitative estimate of drug-likeness (QED) is 0.896. The van der Waals surface area contributed by atoms with E-state index in [1.807, 2.05) is 13.0 Å². The highest BCUT2D eigenvalue weighted by molar-refractivity contribution is 7.90. The van der Waals surface area contributed by atoms with E-state index in [-0.39, 0.29) is 17.4 Å². The molecule has 0 spiro atoms. The normalized spacial score (nSPS) is 11.1. The first-order valence-electron chi connectivity index (χ1n) is 6.74. The number of amides is 1. The number of carbonyl (C=O) groups is 1. The third-order valence-electron chi connectivity index (χ3n) is 3.00.